The van der Waals surface area contributed by atoms with E-state index in [-0.39, 0.29) is 0 Å². The average Bonchev–Trinajstić information content (AvgIpc) is 1.98. The highest BCUT2D eigenvalue weighted by atomic mass is 35.5. The lowest BCUT2D eigenvalue weighted by Crippen LogP contribution is -2.09. The second kappa shape index (κ2) is 3.60. The van der Waals surface area contributed by atoms with E-state index in [9.17, 15) is 0 Å². The number of benzene rings is 1. The topological polar surface area (TPSA) is 24.1 Å². The monoisotopic (exact) mass is 170 g/mol. The van der Waals surface area contributed by atoms with Crippen molar-refractivity contribution in [3.63, 3.8) is 0 Å². The van der Waals surface area contributed by atoms with Crippen molar-refractivity contribution in [3.05, 3.63) is 29.3 Å². The number of hydrazine groups is 1. The summed E-state index contributed by atoms with van der Waals surface area (Å²) in [6.45, 7) is 4.06. The highest BCUT2D eigenvalue weighted by Gasteiger charge is 1.95. The normalized spacial score (nSPS) is 9.73. The summed E-state index contributed by atoms with van der Waals surface area (Å²) in [7, 11) is 0. The molecule has 0 atom stereocenters. The van der Waals surface area contributed by atoms with E-state index in [1.165, 1.54) is 11.1 Å². The van der Waals surface area contributed by atoms with Gasteiger partial charge in [0.05, 0.1) is 5.69 Å². The summed E-state index contributed by atoms with van der Waals surface area (Å²) < 4.78 is 0. The molecule has 0 spiro atoms. The summed E-state index contributed by atoms with van der Waals surface area (Å²) in [6.07, 6.45) is 0. The highest BCUT2D eigenvalue weighted by molar-refractivity contribution is 6.14. The van der Waals surface area contributed by atoms with Crippen molar-refractivity contribution in [1.29, 1.82) is 0 Å². The zero-order valence-corrected chi connectivity index (χ0v) is 7.37. The Labute approximate surface area is 71.6 Å². The van der Waals surface area contributed by atoms with Gasteiger partial charge in [-0.1, -0.05) is 12.1 Å². The van der Waals surface area contributed by atoms with Gasteiger partial charge in [-0.2, -0.15) is 0 Å². The second-order valence-electron chi connectivity index (χ2n) is 2.54. The first-order valence-electron chi connectivity index (χ1n) is 3.43. The lowest BCUT2D eigenvalue weighted by molar-refractivity contribution is 1.18. The minimum atomic E-state index is 1.01. The lowest BCUT2D eigenvalue weighted by Gasteiger charge is -2.06. The van der Waals surface area contributed by atoms with Crippen LogP contribution in [0.4, 0.5) is 5.69 Å². The Morgan fingerprint density at radius 1 is 1.27 bits per heavy atom. The van der Waals surface area contributed by atoms with E-state index in [0.29, 0.717) is 0 Å². The molecule has 0 aromatic heterocycles. The fourth-order valence-electron chi connectivity index (χ4n) is 0.921. The Kier molecular flexibility index (Phi) is 2.74. The molecule has 0 saturated heterocycles. The van der Waals surface area contributed by atoms with E-state index in [1.807, 2.05) is 26.0 Å². The summed E-state index contributed by atoms with van der Waals surface area (Å²) in [5, 5.41) is 0. The molecule has 11 heavy (non-hydrogen) atoms. The molecule has 0 amide bonds. The number of hydrogen-bond acceptors (Lipinski definition) is 2. The third-order valence-electron chi connectivity index (χ3n) is 1.57. The number of nitrogens with one attached hydrogen (secondary N) is 2. The van der Waals surface area contributed by atoms with Crippen molar-refractivity contribution in [3.8, 4) is 0 Å². The minimum Gasteiger partial charge on any atom is -0.307 e. The third-order valence-corrected chi connectivity index (χ3v) is 1.67. The smallest absolute Gasteiger partial charge is 0.0532 e. The molecule has 1 rings (SSSR count). The van der Waals surface area contributed by atoms with Gasteiger partial charge in [0.15, 0.2) is 0 Å². The van der Waals surface area contributed by atoms with Crippen LogP contribution in [0, 0.1) is 13.8 Å². The van der Waals surface area contributed by atoms with E-state index in [0.717, 1.165) is 5.69 Å². The molecule has 0 unspecified atom stereocenters. The molecule has 60 valence electrons. The second-order valence-corrected chi connectivity index (χ2v) is 2.73. The van der Waals surface area contributed by atoms with Crippen LogP contribution in [0.1, 0.15) is 11.1 Å². The Morgan fingerprint density at radius 2 is 2.00 bits per heavy atom. The van der Waals surface area contributed by atoms with E-state index >= 15 is 0 Å². The standard InChI is InChI=1S/C8H11ClN2/c1-6-3-4-7(2)8(5-6)10-11-9/h3-5,10-11H,1-2H3. The number of aryl methyl sites for hydroxylation is 2. The Morgan fingerprint density at radius 3 is 2.64 bits per heavy atom. The molecular weight excluding hydrogens is 160 g/mol. The third kappa shape index (κ3) is 2.10. The van der Waals surface area contributed by atoms with Gasteiger partial charge in [-0.25, -0.2) is 0 Å². The molecule has 0 heterocycles. The lowest BCUT2D eigenvalue weighted by atomic mass is 10.1. The van der Waals surface area contributed by atoms with Crippen LogP contribution in [0.25, 0.3) is 0 Å². The summed E-state index contributed by atoms with van der Waals surface area (Å²) in [5.41, 5.74) is 6.23. The fraction of sp³-hybridized carbons (Fsp3) is 0.250. The highest BCUT2D eigenvalue weighted by Crippen LogP contribution is 2.14. The van der Waals surface area contributed by atoms with Crippen molar-refractivity contribution in [1.82, 2.24) is 4.94 Å². The maximum Gasteiger partial charge on any atom is 0.0532 e. The molecule has 0 fully saturated rings. The van der Waals surface area contributed by atoms with Crippen molar-refractivity contribution >= 4 is 17.5 Å². The summed E-state index contributed by atoms with van der Waals surface area (Å²) in [4.78, 5) is 2.37. The molecule has 2 nitrogen and oxygen atoms in total. The number of rotatable bonds is 2. The van der Waals surface area contributed by atoms with Crippen molar-refractivity contribution < 1.29 is 0 Å². The predicted molar refractivity (Wildman–Crippen MR) is 48.5 cm³/mol. The Bertz CT molecular complexity index is 248. The van der Waals surface area contributed by atoms with Gasteiger partial charge in [-0.3, -0.25) is 0 Å². The summed E-state index contributed by atoms with van der Waals surface area (Å²) >= 11 is 5.30. The number of halogens is 1. The van der Waals surface area contributed by atoms with Gasteiger partial charge in [0.1, 0.15) is 0 Å². The van der Waals surface area contributed by atoms with Crippen LogP contribution in [0.3, 0.4) is 0 Å². The van der Waals surface area contributed by atoms with Gasteiger partial charge in [-0.15, -0.1) is 4.94 Å². The zero-order valence-electron chi connectivity index (χ0n) is 6.61. The van der Waals surface area contributed by atoms with Gasteiger partial charge in [-0.05, 0) is 42.8 Å². The van der Waals surface area contributed by atoms with Gasteiger partial charge in [0.25, 0.3) is 0 Å². The van der Waals surface area contributed by atoms with Gasteiger partial charge in [0.2, 0.25) is 0 Å². The summed E-state index contributed by atoms with van der Waals surface area (Å²) in [6, 6.07) is 6.14. The van der Waals surface area contributed by atoms with Crippen molar-refractivity contribution in [2.45, 2.75) is 13.8 Å². The quantitative estimate of drug-likeness (QED) is 0.526. The SMILES string of the molecule is Cc1ccc(C)c(NNCl)c1. The fourth-order valence-corrected chi connectivity index (χ4v) is 1.02. The van der Waals surface area contributed by atoms with Crippen LogP contribution in [0.2, 0.25) is 0 Å². The van der Waals surface area contributed by atoms with Crippen LogP contribution in [0.5, 0.6) is 0 Å². The molecule has 0 aliphatic heterocycles. The molecule has 0 saturated carbocycles. The average molecular weight is 171 g/mol. The molecule has 0 bridgehead atoms. The van der Waals surface area contributed by atoms with E-state index < -0.39 is 0 Å². The Hall–Kier alpha value is -0.730. The van der Waals surface area contributed by atoms with Crippen molar-refractivity contribution in [2.24, 2.45) is 0 Å². The molecule has 0 aliphatic rings. The van der Waals surface area contributed by atoms with Gasteiger partial charge in [0, 0.05) is 0 Å². The maximum atomic E-state index is 5.30. The first-order valence-corrected chi connectivity index (χ1v) is 3.80. The van der Waals surface area contributed by atoms with Crippen molar-refractivity contribution in [2.75, 3.05) is 5.43 Å². The predicted octanol–water partition coefficient (Wildman–Crippen LogP) is 2.37. The maximum absolute atomic E-state index is 5.30. The van der Waals surface area contributed by atoms with Crippen LogP contribution in [-0.4, -0.2) is 0 Å². The minimum absolute atomic E-state index is 1.01. The van der Waals surface area contributed by atoms with Gasteiger partial charge >= 0.3 is 0 Å². The molecule has 1 aromatic carbocycles. The number of anilines is 1. The molecule has 0 aliphatic carbocycles. The summed E-state index contributed by atoms with van der Waals surface area (Å²) in [5.74, 6) is 0. The first-order chi connectivity index (χ1) is 5.24. The van der Waals surface area contributed by atoms with E-state index in [4.69, 9.17) is 11.8 Å². The van der Waals surface area contributed by atoms with Crippen LogP contribution >= 0.6 is 11.8 Å². The molecular formula is C8H11ClN2. The van der Waals surface area contributed by atoms with Gasteiger partial charge < -0.3 is 5.43 Å². The first kappa shape index (κ1) is 8.37. The van der Waals surface area contributed by atoms with Crippen LogP contribution in [-0.2, 0) is 0 Å². The molecule has 3 heteroatoms. The van der Waals surface area contributed by atoms with Crippen LogP contribution in [0.15, 0.2) is 18.2 Å². The van der Waals surface area contributed by atoms with Crippen LogP contribution < -0.4 is 10.4 Å². The van der Waals surface area contributed by atoms with E-state index in [1.54, 1.807) is 0 Å². The zero-order chi connectivity index (χ0) is 8.27. The Balaban J connectivity index is 2.93. The van der Waals surface area contributed by atoms with E-state index in [2.05, 4.69) is 16.4 Å². The molecule has 2 N–H and O–H groups in total. The molecule has 0 radical (unpaired) electrons. The molecule has 1 aromatic rings. The largest absolute Gasteiger partial charge is 0.307 e. The number of hydrogen-bond donors (Lipinski definition) is 2.